The highest BCUT2D eigenvalue weighted by atomic mass is 16.6. The number of amides is 2. The Labute approximate surface area is 302 Å². The topological polar surface area (TPSA) is 144 Å². The fraction of sp³-hybridized carbons (Fsp3) is 0.289. The van der Waals surface area contributed by atoms with Crippen molar-refractivity contribution < 1.29 is 42.2 Å². The molecule has 0 radical (unpaired) electrons. The average Bonchev–Trinajstić information content (AvgIpc) is 3.12. The molecular formula is C38H51N5O8. The van der Waals surface area contributed by atoms with Crippen molar-refractivity contribution in [2.75, 3.05) is 76.9 Å². The van der Waals surface area contributed by atoms with Crippen molar-refractivity contribution >= 4 is 39.8 Å². The predicted molar refractivity (Wildman–Crippen MR) is 205 cm³/mol. The molecule has 0 saturated carbocycles. The van der Waals surface area contributed by atoms with Crippen molar-refractivity contribution in [2.45, 2.75) is 14.4 Å². The first-order valence-corrected chi connectivity index (χ1v) is 15.9. The third kappa shape index (κ3) is 11.2. The summed E-state index contributed by atoms with van der Waals surface area (Å²) < 4.78 is 38.9. The summed E-state index contributed by atoms with van der Waals surface area (Å²) >= 11 is 0. The van der Waals surface area contributed by atoms with E-state index in [-0.39, 0.29) is 11.7 Å². The Morgan fingerprint density at radius 1 is 0.725 bits per heavy atom. The number of rotatable bonds is 18. The maximum absolute atomic E-state index is 13.0. The van der Waals surface area contributed by atoms with E-state index in [4.69, 9.17) is 33.2 Å². The summed E-state index contributed by atoms with van der Waals surface area (Å²) in [6.07, 6.45) is 1.60. The summed E-state index contributed by atoms with van der Waals surface area (Å²) in [5.74, 6) is 2.93. The second-order valence-corrected chi connectivity index (χ2v) is 10.8. The first-order valence-electron chi connectivity index (χ1n) is 15.9. The van der Waals surface area contributed by atoms with Gasteiger partial charge in [-0.25, -0.2) is 9.78 Å². The van der Waals surface area contributed by atoms with Gasteiger partial charge in [-0.1, -0.05) is 37.8 Å². The van der Waals surface area contributed by atoms with Crippen LogP contribution in [0.5, 0.6) is 28.9 Å². The van der Waals surface area contributed by atoms with Crippen molar-refractivity contribution in [3.8, 4) is 28.9 Å². The fourth-order valence-electron chi connectivity index (χ4n) is 4.89. The highest BCUT2D eigenvalue weighted by molar-refractivity contribution is 6.08. The van der Waals surface area contributed by atoms with Crippen LogP contribution in [-0.2, 0) is 14.2 Å². The Bertz CT molecular complexity index is 1890. The lowest BCUT2D eigenvalue weighted by atomic mass is 10.1. The molecule has 0 unspecified atom stereocenters. The van der Waals surface area contributed by atoms with E-state index in [9.17, 15) is 4.79 Å². The lowest BCUT2D eigenvalue weighted by molar-refractivity contribution is 0.0179. The first-order chi connectivity index (χ1) is 24.4. The van der Waals surface area contributed by atoms with Gasteiger partial charge in [-0.3, -0.25) is 0 Å². The fourth-order valence-corrected chi connectivity index (χ4v) is 4.89. The van der Waals surface area contributed by atoms with Crippen LogP contribution in [0.15, 0.2) is 85.1 Å². The maximum atomic E-state index is 13.0. The van der Waals surface area contributed by atoms with Gasteiger partial charge in [0.05, 0.1) is 58.6 Å². The third-order valence-electron chi connectivity index (χ3n) is 7.25. The Hall–Kier alpha value is -5.63. The minimum absolute atomic E-state index is 0. The van der Waals surface area contributed by atoms with Crippen LogP contribution < -0.4 is 34.9 Å². The zero-order chi connectivity index (χ0) is 35.1. The minimum Gasteiger partial charge on any atom is -0.497 e. The molecule has 0 atom stereocenters. The molecule has 5 rings (SSSR count). The molecule has 51 heavy (non-hydrogen) atoms. The molecule has 4 aromatic carbocycles. The molecule has 0 saturated heterocycles. The molecule has 3 N–H and O–H groups in total. The summed E-state index contributed by atoms with van der Waals surface area (Å²) in [6.45, 7) is 4.73. The van der Waals surface area contributed by atoms with E-state index in [1.165, 1.54) is 0 Å². The number of urea groups is 1. The van der Waals surface area contributed by atoms with Gasteiger partial charge >= 0.3 is 6.03 Å². The first kappa shape index (κ1) is 38.2. The van der Waals surface area contributed by atoms with Crippen molar-refractivity contribution in [1.29, 1.82) is 0 Å². The van der Waals surface area contributed by atoms with Crippen molar-refractivity contribution in [3.05, 3.63) is 90.6 Å². The Balaban J connectivity index is 0.00000364. The highest BCUT2D eigenvalue weighted by Crippen LogP contribution is 2.35. The number of fused-ring (bicyclic) bond motifs is 1. The van der Waals surface area contributed by atoms with E-state index in [1.54, 1.807) is 51.8 Å². The molecule has 0 bridgehead atoms. The van der Waals surface area contributed by atoms with E-state index in [1.807, 2.05) is 61.5 Å². The maximum Gasteiger partial charge on any atom is 0.323 e. The zero-order valence-electron chi connectivity index (χ0n) is 28.5. The number of aromatic nitrogens is 2. The number of hydrogen-bond donors (Lipinski definition) is 3. The van der Waals surface area contributed by atoms with E-state index < -0.39 is 6.03 Å². The summed E-state index contributed by atoms with van der Waals surface area (Å²) in [5.41, 5.74) is 2.83. The number of carbonyl (C=O) groups is 1. The van der Waals surface area contributed by atoms with Gasteiger partial charge in [-0.05, 0) is 36.8 Å². The zero-order valence-corrected chi connectivity index (χ0v) is 28.5. The summed E-state index contributed by atoms with van der Waals surface area (Å²) in [4.78, 5) is 21.9. The molecule has 2 amide bonds. The number of methoxy groups -OCH3 is 3. The molecule has 13 nitrogen and oxygen atoms in total. The van der Waals surface area contributed by atoms with Crippen LogP contribution in [-0.4, -0.2) is 77.0 Å². The molecule has 13 heteroatoms. The summed E-state index contributed by atoms with van der Waals surface area (Å²) in [5, 5.41) is 10.6. The van der Waals surface area contributed by atoms with Gasteiger partial charge in [0.1, 0.15) is 29.6 Å². The molecular weight excluding hydrogens is 654 g/mol. The van der Waals surface area contributed by atoms with Crippen LogP contribution in [0, 0.1) is 6.92 Å². The number of carbonyl (C=O) groups excluding carboxylic acids is 1. The second kappa shape index (κ2) is 19.5. The lowest BCUT2D eigenvalue weighted by Gasteiger charge is -2.15. The lowest BCUT2D eigenvalue weighted by Crippen LogP contribution is -2.20. The van der Waals surface area contributed by atoms with E-state index in [0.717, 1.165) is 16.3 Å². The number of benzene rings is 4. The standard InChI is InChI=1S/C37H41N5O8.CH4.3H2/c1-25-9-11-34(46-4)32(21-25)41-37(43)40-31-10-12-33(30-8-6-5-7-29(30)31)50-35-13-14-38-36(42-35)39-26-22-27(45-3)24-28(23-26)49-20-19-48-18-17-47-16-15-44-2;;;;/h5-14,21-24H,15-20H2,1-4H3,(H,38,39,42)(H2,40,41,43);1H4;3*1H. The number of ether oxygens (including phenoxy) is 7. The molecule has 0 aliphatic carbocycles. The van der Waals surface area contributed by atoms with E-state index in [0.29, 0.717) is 91.5 Å². The number of hydrogen-bond acceptors (Lipinski definition) is 11. The molecule has 276 valence electrons. The number of anilines is 4. The number of nitrogens with one attached hydrogen (secondary N) is 3. The van der Waals surface area contributed by atoms with E-state index in [2.05, 4.69) is 25.9 Å². The summed E-state index contributed by atoms with van der Waals surface area (Å²) in [7, 11) is 4.78. The van der Waals surface area contributed by atoms with Crippen molar-refractivity contribution in [2.24, 2.45) is 0 Å². The quantitative estimate of drug-likeness (QED) is 0.0755. The van der Waals surface area contributed by atoms with Crippen LogP contribution in [0.25, 0.3) is 10.8 Å². The minimum atomic E-state index is -0.404. The van der Waals surface area contributed by atoms with Gasteiger partial charge in [0.25, 0.3) is 0 Å². The second-order valence-electron chi connectivity index (χ2n) is 10.8. The molecule has 0 aliphatic heterocycles. The van der Waals surface area contributed by atoms with Gasteiger partial charge in [0.15, 0.2) is 0 Å². The van der Waals surface area contributed by atoms with Crippen LogP contribution in [0.3, 0.4) is 0 Å². The van der Waals surface area contributed by atoms with Crippen LogP contribution in [0.2, 0.25) is 0 Å². The Morgan fingerprint density at radius 2 is 1.43 bits per heavy atom. The molecule has 1 aromatic heterocycles. The summed E-state index contributed by atoms with van der Waals surface area (Å²) in [6, 6.07) is 23.4. The smallest absolute Gasteiger partial charge is 0.323 e. The third-order valence-corrected chi connectivity index (χ3v) is 7.25. The van der Waals surface area contributed by atoms with Gasteiger partial charge in [-0.15, -0.1) is 0 Å². The van der Waals surface area contributed by atoms with Gasteiger partial charge < -0.3 is 49.1 Å². The van der Waals surface area contributed by atoms with Gasteiger partial charge in [0.2, 0.25) is 11.8 Å². The molecule has 1 heterocycles. The van der Waals surface area contributed by atoms with Crippen LogP contribution >= 0.6 is 0 Å². The monoisotopic (exact) mass is 705 g/mol. The SMILES string of the molecule is C.COCCOCCOCCOc1cc(Nc2nccc(Oc3ccc(NC(=O)Nc4cc(C)ccc4OC)c4ccccc34)n2)cc(OC)c1.[HH].[HH].[HH]. The molecule has 0 spiro atoms. The predicted octanol–water partition coefficient (Wildman–Crippen LogP) is 8.57. The number of aryl methyl sites for hydroxylation is 1. The van der Waals surface area contributed by atoms with Gasteiger partial charge in [-0.2, -0.15) is 4.98 Å². The normalized spacial score (nSPS) is 10.6. The average molecular weight is 706 g/mol. The highest BCUT2D eigenvalue weighted by Gasteiger charge is 2.14. The Morgan fingerprint density at radius 3 is 2.20 bits per heavy atom. The Kier molecular flexibility index (Phi) is 14.6. The van der Waals surface area contributed by atoms with Gasteiger partial charge in [0, 0.05) is 58.3 Å². The molecule has 5 aromatic rings. The van der Waals surface area contributed by atoms with Crippen LogP contribution in [0.4, 0.5) is 27.8 Å². The van der Waals surface area contributed by atoms with Crippen molar-refractivity contribution in [3.63, 3.8) is 0 Å². The van der Waals surface area contributed by atoms with Crippen molar-refractivity contribution in [1.82, 2.24) is 9.97 Å². The molecule has 0 aliphatic rings. The largest absolute Gasteiger partial charge is 0.497 e. The molecule has 0 fully saturated rings. The van der Waals surface area contributed by atoms with Crippen LogP contribution in [0.1, 0.15) is 17.3 Å². The van der Waals surface area contributed by atoms with E-state index >= 15 is 0 Å². The number of nitrogens with zero attached hydrogens (tertiary/aromatic N) is 2.